The third-order valence-electron chi connectivity index (χ3n) is 4.58. The van der Waals surface area contributed by atoms with Crippen molar-refractivity contribution < 1.29 is 13.2 Å². The van der Waals surface area contributed by atoms with Gasteiger partial charge in [-0.15, -0.1) is 0 Å². The third-order valence-corrected chi connectivity index (χ3v) is 7.11. The van der Waals surface area contributed by atoms with Crippen LogP contribution in [0.5, 0.6) is 0 Å². The van der Waals surface area contributed by atoms with Crippen LogP contribution in [0.3, 0.4) is 0 Å². The van der Waals surface area contributed by atoms with Crippen molar-refractivity contribution in [2.75, 3.05) is 26.2 Å². The molecule has 150 valence electrons. The second-order valence-electron chi connectivity index (χ2n) is 6.45. The van der Waals surface area contributed by atoms with Gasteiger partial charge in [-0.05, 0) is 42.3 Å². The number of carbonyl (C=O) groups excluding carboxylic acids is 1. The maximum Gasteiger partial charge on any atom is 0.317 e. The number of hydrogen-bond acceptors (Lipinski definition) is 3. The van der Waals surface area contributed by atoms with E-state index in [0.717, 1.165) is 5.56 Å². The third kappa shape index (κ3) is 4.97. The fourth-order valence-electron chi connectivity index (χ4n) is 3.02. The summed E-state index contributed by atoms with van der Waals surface area (Å²) in [7, 11) is -3.61. The lowest BCUT2D eigenvalue weighted by molar-refractivity contribution is 0.200. The van der Waals surface area contributed by atoms with E-state index in [4.69, 9.17) is 23.2 Å². The number of rotatable bonds is 4. The molecule has 0 saturated carbocycles. The lowest BCUT2D eigenvalue weighted by Gasteiger charge is -2.22. The van der Waals surface area contributed by atoms with E-state index < -0.39 is 10.0 Å². The van der Waals surface area contributed by atoms with Gasteiger partial charge in [0.2, 0.25) is 10.0 Å². The monoisotopic (exact) mass is 441 g/mol. The van der Waals surface area contributed by atoms with Gasteiger partial charge < -0.3 is 10.2 Å². The molecule has 0 spiro atoms. The van der Waals surface area contributed by atoms with Crippen LogP contribution in [0.25, 0.3) is 0 Å². The molecule has 0 atom stereocenters. The number of halogens is 2. The maximum absolute atomic E-state index is 12.8. The maximum atomic E-state index is 12.8. The highest BCUT2D eigenvalue weighted by Crippen LogP contribution is 2.20. The van der Waals surface area contributed by atoms with E-state index in [1.54, 1.807) is 23.1 Å². The van der Waals surface area contributed by atoms with Gasteiger partial charge in [0.15, 0.2) is 0 Å². The smallest absolute Gasteiger partial charge is 0.317 e. The van der Waals surface area contributed by atoms with Gasteiger partial charge in [0.25, 0.3) is 0 Å². The van der Waals surface area contributed by atoms with Gasteiger partial charge in [-0.25, -0.2) is 13.2 Å². The molecule has 2 amide bonds. The van der Waals surface area contributed by atoms with Crippen LogP contribution in [-0.2, 0) is 16.6 Å². The fourth-order valence-corrected chi connectivity index (χ4v) is 4.82. The summed E-state index contributed by atoms with van der Waals surface area (Å²) < 4.78 is 27.1. The van der Waals surface area contributed by atoms with Crippen LogP contribution in [0.1, 0.15) is 12.0 Å². The normalized spacial score (nSPS) is 15.9. The Labute approximate surface area is 175 Å². The summed E-state index contributed by atoms with van der Waals surface area (Å²) in [6.45, 7) is 1.73. The number of nitrogens with one attached hydrogen (secondary N) is 1. The van der Waals surface area contributed by atoms with Gasteiger partial charge in [-0.2, -0.15) is 4.31 Å². The molecule has 1 aliphatic rings. The van der Waals surface area contributed by atoms with E-state index in [0.29, 0.717) is 42.6 Å². The van der Waals surface area contributed by atoms with Crippen LogP contribution in [0.15, 0.2) is 53.4 Å². The fraction of sp³-hybridized carbons (Fsp3) is 0.316. The van der Waals surface area contributed by atoms with Crippen molar-refractivity contribution in [3.8, 4) is 0 Å². The molecule has 0 aliphatic carbocycles. The van der Waals surface area contributed by atoms with Gasteiger partial charge in [0.05, 0.1) is 4.90 Å². The predicted octanol–water partition coefficient (Wildman–Crippen LogP) is 3.60. The van der Waals surface area contributed by atoms with Crippen molar-refractivity contribution >= 4 is 39.3 Å². The molecule has 1 N–H and O–H groups in total. The van der Waals surface area contributed by atoms with Gasteiger partial charge in [0.1, 0.15) is 0 Å². The minimum atomic E-state index is -3.61. The van der Waals surface area contributed by atoms with Gasteiger partial charge in [-0.1, -0.05) is 41.4 Å². The Bertz CT molecular complexity index is 936. The van der Waals surface area contributed by atoms with E-state index in [-0.39, 0.29) is 17.5 Å². The predicted molar refractivity (Wildman–Crippen MR) is 110 cm³/mol. The molecule has 2 aromatic rings. The molecule has 1 saturated heterocycles. The number of carbonyl (C=O) groups is 1. The minimum absolute atomic E-state index is 0.202. The molecule has 9 heteroatoms. The highest BCUT2D eigenvalue weighted by molar-refractivity contribution is 7.89. The number of sulfonamides is 1. The molecule has 6 nitrogen and oxygen atoms in total. The molecular formula is C19H21Cl2N3O3S. The van der Waals surface area contributed by atoms with Gasteiger partial charge >= 0.3 is 6.03 Å². The Kier molecular flexibility index (Phi) is 6.82. The number of urea groups is 1. The van der Waals surface area contributed by atoms with Gasteiger partial charge in [-0.3, -0.25) is 0 Å². The van der Waals surface area contributed by atoms with E-state index in [1.807, 2.05) is 18.2 Å². The quantitative estimate of drug-likeness (QED) is 0.787. The first-order valence-electron chi connectivity index (χ1n) is 8.90. The molecule has 0 unspecified atom stereocenters. The zero-order chi connectivity index (χ0) is 20.1. The zero-order valence-corrected chi connectivity index (χ0v) is 17.5. The molecule has 28 heavy (non-hydrogen) atoms. The van der Waals surface area contributed by atoms with Crippen LogP contribution in [0.4, 0.5) is 4.79 Å². The molecular weight excluding hydrogens is 421 g/mol. The van der Waals surface area contributed by atoms with Crippen molar-refractivity contribution in [2.45, 2.75) is 17.9 Å². The standard InChI is InChI=1S/C19H21Cl2N3O3S/c20-16-6-8-17(9-7-16)28(26,27)24-11-3-10-23(12-13-24)19(25)22-14-15-4-1-2-5-18(15)21/h1-2,4-9H,3,10-14H2,(H,22,25). The average Bonchev–Trinajstić information content (AvgIpc) is 2.94. The summed E-state index contributed by atoms with van der Waals surface area (Å²) in [5.74, 6) is 0. The number of nitrogens with zero attached hydrogens (tertiary/aromatic N) is 2. The molecule has 1 heterocycles. The van der Waals surface area contributed by atoms with Gasteiger partial charge in [0, 0.05) is 42.8 Å². The molecule has 1 fully saturated rings. The molecule has 1 aliphatic heterocycles. The number of benzene rings is 2. The highest BCUT2D eigenvalue weighted by atomic mass is 35.5. The molecule has 0 radical (unpaired) electrons. The first-order chi connectivity index (χ1) is 13.4. The van der Waals surface area contributed by atoms with Crippen molar-refractivity contribution in [3.05, 3.63) is 64.1 Å². The molecule has 2 aromatic carbocycles. The first-order valence-corrected chi connectivity index (χ1v) is 11.1. The minimum Gasteiger partial charge on any atom is -0.334 e. The average molecular weight is 442 g/mol. The van der Waals surface area contributed by atoms with E-state index in [2.05, 4.69) is 5.32 Å². The second-order valence-corrected chi connectivity index (χ2v) is 9.23. The lowest BCUT2D eigenvalue weighted by atomic mass is 10.2. The second kappa shape index (κ2) is 9.13. The summed E-state index contributed by atoms with van der Waals surface area (Å²) in [5, 5.41) is 3.93. The summed E-state index contributed by atoms with van der Waals surface area (Å²) in [6.07, 6.45) is 0.562. The van der Waals surface area contributed by atoms with Crippen LogP contribution < -0.4 is 5.32 Å². The van der Waals surface area contributed by atoms with Crippen LogP contribution >= 0.6 is 23.2 Å². The first kappa shape index (κ1) is 20.9. The summed E-state index contributed by atoms with van der Waals surface area (Å²) in [6, 6.07) is 13.2. The van der Waals surface area contributed by atoms with Crippen molar-refractivity contribution in [3.63, 3.8) is 0 Å². The van der Waals surface area contributed by atoms with Crippen molar-refractivity contribution in [1.82, 2.24) is 14.5 Å². The van der Waals surface area contributed by atoms with Crippen molar-refractivity contribution in [2.24, 2.45) is 0 Å². The lowest BCUT2D eigenvalue weighted by Crippen LogP contribution is -2.42. The summed E-state index contributed by atoms with van der Waals surface area (Å²) >= 11 is 12.0. The summed E-state index contributed by atoms with van der Waals surface area (Å²) in [5.41, 5.74) is 0.833. The Morgan fingerprint density at radius 1 is 0.964 bits per heavy atom. The number of amides is 2. The van der Waals surface area contributed by atoms with E-state index in [1.165, 1.54) is 16.4 Å². The van der Waals surface area contributed by atoms with E-state index in [9.17, 15) is 13.2 Å². The van der Waals surface area contributed by atoms with Crippen LogP contribution in [-0.4, -0.2) is 49.8 Å². The molecule has 3 rings (SSSR count). The Morgan fingerprint density at radius 2 is 1.68 bits per heavy atom. The highest BCUT2D eigenvalue weighted by Gasteiger charge is 2.28. The Balaban J connectivity index is 1.60. The SMILES string of the molecule is O=C(NCc1ccccc1Cl)N1CCCN(S(=O)(=O)c2ccc(Cl)cc2)CC1. The Morgan fingerprint density at radius 3 is 2.39 bits per heavy atom. The Hall–Kier alpha value is -1.80. The van der Waals surface area contributed by atoms with E-state index >= 15 is 0 Å². The molecule has 0 bridgehead atoms. The van der Waals surface area contributed by atoms with Crippen LogP contribution in [0, 0.1) is 0 Å². The van der Waals surface area contributed by atoms with Crippen LogP contribution in [0.2, 0.25) is 10.0 Å². The topological polar surface area (TPSA) is 69.7 Å². The zero-order valence-electron chi connectivity index (χ0n) is 15.1. The van der Waals surface area contributed by atoms with Crippen molar-refractivity contribution in [1.29, 1.82) is 0 Å². The number of hydrogen-bond donors (Lipinski definition) is 1. The largest absolute Gasteiger partial charge is 0.334 e. The molecule has 0 aromatic heterocycles. The summed E-state index contributed by atoms with van der Waals surface area (Å²) in [4.78, 5) is 14.3.